The molecule has 23 heavy (non-hydrogen) atoms. The molecule has 0 spiro atoms. The molecule has 0 aliphatic carbocycles. The normalized spacial score (nSPS) is 11.7. The summed E-state index contributed by atoms with van der Waals surface area (Å²) >= 11 is 0. The maximum Gasteiger partial charge on any atom is 0.344 e. The molecule has 0 bridgehead atoms. The highest BCUT2D eigenvalue weighted by Crippen LogP contribution is 2.20. The van der Waals surface area contributed by atoms with Crippen molar-refractivity contribution in [3.05, 3.63) is 29.3 Å². The van der Waals surface area contributed by atoms with E-state index >= 15 is 0 Å². The molecular weight excluding hydrogens is 300 g/mol. The van der Waals surface area contributed by atoms with Gasteiger partial charge in [-0.25, -0.2) is 9.59 Å². The second kappa shape index (κ2) is 8.17. The highest BCUT2D eigenvalue weighted by atomic mass is 16.6. The zero-order chi connectivity index (χ0) is 17.6. The molecule has 7 nitrogen and oxygen atoms in total. The van der Waals surface area contributed by atoms with E-state index in [4.69, 9.17) is 15.2 Å². The van der Waals surface area contributed by atoms with Crippen LogP contribution in [0.25, 0.3) is 0 Å². The van der Waals surface area contributed by atoms with E-state index in [1.54, 1.807) is 19.9 Å². The Kier molecular flexibility index (Phi) is 6.56. The van der Waals surface area contributed by atoms with Crippen LogP contribution < -0.4 is 15.8 Å². The van der Waals surface area contributed by atoms with E-state index in [1.807, 2.05) is 31.3 Å². The topological polar surface area (TPSA) is 108 Å². The Hall–Kier alpha value is -2.57. The first-order valence-electron chi connectivity index (χ1n) is 7.21. The number of urea groups is 1. The van der Waals surface area contributed by atoms with Crippen molar-refractivity contribution < 1.29 is 23.9 Å². The molecule has 1 rings (SSSR count). The highest BCUT2D eigenvalue weighted by Gasteiger charge is 2.27. The third-order valence-corrected chi connectivity index (χ3v) is 3.27. The summed E-state index contributed by atoms with van der Waals surface area (Å²) in [6, 6.07) is 4.50. The van der Waals surface area contributed by atoms with Crippen molar-refractivity contribution in [2.24, 2.45) is 11.7 Å². The smallest absolute Gasteiger partial charge is 0.344 e. The first kappa shape index (κ1) is 18.5. The average molecular weight is 322 g/mol. The number of esters is 1. The Morgan fingerprint density at radius 1 is 1.22 bits per heavy atom. The summed E-state index contributed by atoms with van der Waals surface area (Å²) in [6.07, 6.45) is -1.11. The van der Waals surface area contributed by atoms with Crippen molar-refractivity contribution in [1.82, 2.24) is 5.32 Å². The molecule has 1 aromatic rings. The van der Waals surface area contributed by atoms with Gasteiger partial charge >= 0.3 is 12.0 Å². The Bertz CT molecular complexity index is 598. The van der Waals surface area contributed by atoms with Crippen LogP contribution in [0.1, 0.15) is 25.0 Å². The van der Waals surface area contributed by atoms with Gasteiger partial charge in [0.15, 0.2) is 12.7 Å². The summed E-state index contributed by atoms with van der Waals surface area (Å²) in [4.78, 5) is 34.4. The summed E-state index contributed by atoms with van der Waals surface area (Å²) < 4.78 is 10.5. The molecule has 1 aromatic carbocycles. The van der Waals surface area contributed by atoms with Crippen molar-refractivity contribution in [2.75, 3.05) is 6.61 Å². The monoisotopic (exact) mass is 322 g/mol. The van der Waals surface area contributed by atoms with Gasteiger partial charge in [0.25, 0.3) is 5.91 Å². The standard InChI is InChI=1S/C16H22N2O5/c1-9(2)14(15(20)18-16(17)21)23-13(19)8-22-12-7-5-6-10(3)11(12)4/h5-7,9,14H,8H2,1-4H3,(H3,17,18,20,21)/t14-/m1/s1. The van der Waals surface area contributed by atoms with Crippen LogP contribution in [0.5, 0.6) is 5.75 Å². The van der Waals surface area contributed by atoms with Crippen LogP contribution in [-0.2, 0) is 14.3 Å². The van der Waals surface area contributed by atoms with Crippen molar-refractivity contribution >= 4 is 17.9 Å². The van der Waals surface area contributed by atoms with Gasteiger partial charge in [0.05, 0.1) is 0 Å². The highest BCUT2D eigenvalue weighted by molar-refractivity contribution is 5.96. The van der Waals surface area contributed by atoms with Crippen molar-refractivity contribution in [3.63, 3.8) is 0 Å². The lowest BCUT2D eigenvalue weighted by Crippen LogP contribution is -2.46. The summed E-state index contributed by atoms with van der Waals surface area (Å²) in [5, 5.41) is 1.90. The zero-order valence-electron chi connectivity index (χ0n) is 13.7. The first-order valence-corrected chi connectivity index (χ1v) is 7.21. The largest absolute Gasteiger partial charge is 0.482 e. The first-order chi connectivity index (χ1) is 10.7. The summed E-state index contributed by atoms with van der Waals surface area (Å²) in [5.74, 6) is -1.21. The number of aryl methyl sites for hydroxylation is 1. The predicted octanol–water partition coefficient (Wildman–Crippen LogP) is 1.44. The zero-order valence-corrected chi connectivity index (χ0v) is 13.7. The quantitative estimate of drug-likeness (QED) is 0.771. The number of imide groups is 1. The van der Waals surface area contributed by atoms with Crippen LogP contribution in [0, 0.1) is 19.8 Å². The lowest BCUT2D eigenvalue weighted by Gasteiger charge is -2.20. The van der Waals surface area contributed by atoms with Gasteiger partial charge in [-0.05, 0) is 37.0 Å². The maximum absolute atomic E-state index is 11.9. The number of nitrogens with two attached hydrogens (primary N) is 1. The predicted molar refractivity (Wildman–Crippen MR) is 83.9 cm³/mol. The van der Waals surface area contributed by atoms with Crippen LogP contribution in [0.2, 0.25) is 0 Å². The molecule has 0 unspecified atom stereocenters. The third-order valence-electron chi connectivity index (χ3n) is 3.27. The van der Waals surface area contributed by atoms with Crippen LogP contribution >= 0.6 is 0 Å². The number of benzene rings is 1. The minimum Gasteiger partial charge on any atom is -0.482 e. The summed E-state index contributed by atoms with van der Waals surface area (Å²) in [6.45, 7) is 6.85. The van der Waals surface area contributed by atoms with Crippen LogP contribution in [0.3, 0.4) is 0 Å². The molecule has 0 aromatic heterocycles. The van der Waals surface area contributed by atoms with Crippen LogP contribution in [0.4, 0.5) is 4.79 Å². The molecule has 0 aliphatic heterocycles. The van der Waals surface area contributed by atoms with Gasteiger partial charge < -0.3 is 15.2 Å². The van der Waals surface area contributed by atoms with E-state index in [0.29, 0.717) is 5.75 Å². The maximum atomic E-state index is 11.9. The van der Waals surface area contributed by atoms with Gasteiger partial charge in [0.2, 0.25) is 0 Å². The van der Waals surface area contributed by atoms with Gasteiger partial charge in [-0.2, -0.15) is 0 Å². The minimum atomic E-state index is -1.11. The molecule has 0 saturated heterocycles. The fourth-order valence-corrected chi connectivity index (χ4v) is 1.88. The summed E-state index contributed by atoms with van der Waals surface area (Å²) in [7, 11) is 0. The molecule has 7 heteroatoms. The van der Waals surface area contributed by atoms with E-state index in [-0.39, 0.29) is 12.5 Å². The number of ether oxygens (including phenoxy) is 2. The molecule has 0 fully saturated rings. The van der Waals surface area contributed by atoms with Gasteiger partial charge in [-0.3, -0.25) is 10.1 Å². The molecule has 0 radical (unpaired) electrons. The van der Waals surface area contributed by atoms with Crippen LogP contribution in [0.15, 0.2) is 18.2 Å². The minimum absolute atomic E-state index is 0.320. The third kappa shape index (κ3) is 5.61. The van der Waals surface area contributed by atoms with Gasteiger partial charge in [-0.1, -0.05) is 26.0 Å². The molecule has 0 aliphatic rings. The molecule has 3 N–H and O–H groups in total. The number of carbonyl (C=O) groups excluding carboxylic acids is 3. The molecule has 126 valence electrons. The van der Waals surface area contributed by atoms with Crippen LogP contribution in [-0.4, -0.2) is 30.6 Å². The van der Waals surface area contributed by atoms with E-state index in [1.165, 1.54) is 0 Å². The molecule has 0 heterocycles. The molecule has 3 amide bonds. The van der Waals surface area contributed by atoms with Gasteiger partial charge in [0.1, 0.15) is 5.75 Å². The number of carbonyl (C=O) groups is 3. The average Bonchev–Trinajstić information content (AvgIpc) is 2.45. The van der Waals surface area contributed by atoms with E-state index in [9.17, 15) is 14.4 Å². The van der Waals surface area contributed by atoms with E-state index < -0.39 is 24.0 Å². The Morgan fingerprint density at radius 3 is 2.43 bits per heavy atom. The lowest BCUT2D eigenvalue weighted by molar-refractivity contribution is -0.160. The number of primary amides is 1. The van der Waals surface area contributed by atoms with Crippen molar-refractivity contribution in [1.29, 1.82) is 0 Å². The Labute approximate surface area is 135 Å². The van der Waals surface area contributed by atoms with Gasteiger partial charge in [-0.15, -0.1) is 0 Å². The van der Waals surface area contributed by atoms with Crippen molar-refractivity contribution in [3.8, 4) is 5.75 Å². The lowest BCUT2D eigenvalue weighted by atomic mass is 10.1. The second-order valence-corrected chi connectivity index (χ2v) is 5.49. The molecular formula is C16H22N2O5. The molecule has 0 saturated carbocycles. The number of nitrogens with one attached hydrogen (secondary N) is 1. The fourth-order valence-electron chi connectivity index (χ4n) is 1.88. The number of hydrogen-bond acceptors (Lipinski definition) is 5. The molecule has 1 atom stereocenters. The number of hydrogen-bond donors (Lipinski definition) is 2. The van der Waals surface area contributed by atoms with E-state index in [0.717, 1.165) is 11.1 Å². The number of amides is 3. The SMILES string of the molecule is Cc1cccc(OCC(=O)O[C@@H](C(=O)NC(N)=O)C(C)C)c1C. The second-order valence-electron chi connectivity index (χ2n) is 5.49. The Morgan fingerprint density at radius 2 is 1.87 bits per heavy atom. The van der Waals surface area contributed by atoms with Gasteiger partial charge in [0, 0.05) is 0 Å². The van der Waals surface area contributed by atoms with E-state index in [2.05, 4.69) is 0 Å². The Balaban J connectivity index is 2.64. The summed E-state index contributed by atoms with van der Waals surface area (Å²) in [5.41, 5.74) is 6.85. The number of rotatable bonds is 6. The van der Waals surface area contributed by atoms with Crippen molar-refractivity contribution in [2.45, 2.75) is 33.8 Å². The fraction of sp³-hybridized carbons (Fsp3) is 0.438.